The Labute approximate surface area is 119 Å². The lowest BCUT2D eigenvalue weighted by Crippen LogP contribution is -2.08. The van der Waals surface area contributed by atoms with Crippen LogP contribution in [0.3, 0.4) is 0 Å². The van der Waals surface area contributed by atoms with Crippen molar-refractivity contribution in [2.24, 2.45) is 0 Å². The third kappa shape index (κ3) is 3.23. The second kappa shape index (κ2) is 6.32. The summed E-state index contributed by atoms with van der Waals surface area (Å²) in [6.45, 7) is 9.32. The zero-order chi connectivity index (χ0) is 14.5. The molecule has 2 rings (SSSR count). The first-order valence-electron chi connectivity index (χ1n) is 6.84. The normalized spacial score (nSPS) is 10.4. The van der Waals surface area contributed by atoms with Gasteiger partial charge in [-0.1, -0.05) is 23.8 Å². The largest absolute Gasteiger partial charge is 0.464 e. The van der Waals surface area contributed by atoms with Gasteiger partial charge in [-0.2, -0.15) is 15.0 Å². The molecular weight excluding hydrogens is 252 g/mol. The predicted octanol–water partition coefficient (Wildman–Crippen LogP) is 2.99. The SMILES string of the molecule is CCNc1nc(OCC)nc(-c2ccc(C)cc2C)n1. The Balaban J connectivity index is 2.48. The van der Waals surface area contributed by atoms with E-state index in [0.29, 0.717) is 24.4 Å². The predicted molar refractivity (Wildman–Crippen MR) is 80.1 cm³/mol. The van der Waals surface area contributed by atoms with Gasteiger partial charge in [0, 0.05) is 12.1 Å². The number of nitrogens with zero attached hydrogens (tertiary/aromatic N) is 3. The van der Waals surface area contributed by atoms with Gasteiger partial charge in [0.25, 0.3) is 0 Å². The third-order valence-corrected chi connectivity index (χ3v) is 2.85. The van der Waals surface area contributed by atoms with Gasteiger partial charge in [0.05, 0.1) is 6.61 Å². The molecule has 0 fully saturated rings. The van der Waals surface area contributed by atoms with Crippen molar-refractivity contribution >= 4 is 5.95 Å². The van der Waals surface area contributed by atoms with Crippen LogP contribution in [0.15, 0.2) is 18.2 Å². The quantitative estimate of drug-likeness (QED) is 0.906. The van der Waals surface area contributed by atoms with Gasteiger partial charge in [-0.3, -0.25) is 0 Å². The van der Waals surface area contributed by atoms with Crippen molar-refractivity contribution in [3.05, 3.63) is 29.3 Å². The molecule has 2 aromatic rings. The number of benzene rings is 1. The number of aryl methyl sites for hydroxylation is 2. The summed E-state index contributed by atoms with van der Waals surface area (Å²) >= 11 is 0. The number of nitrogens with one attached hydrogen (secondary N) is 1. The van der Waals surface area contributed by atoms with Gasteiger partial charge >= 0.3 is 6.01 Å². The molecule has 0 bridgehead atoms. The Morgan fingerprint density at radius 3 is 2.55 bits per heavy atom. The van der Waals surface area contributed by atoms with Gasteiger partial charge in [-0.05, 0) is 33.3 Å². The molecule has 0 aliphatic carbocycles. The van der Waals surface area contributed by atoms with E-state index < -0.39 is 0 Å². The van der Waals surface area contributed by atoms with Crippen LogP contribution in [0.5, 0.6) is 6.01 Å². The van der Waals surface area contributed by atoms with E-state index in [1.807, 2.05) is 19.9 Å². The highest BCUT2D eigenvalue weighted by Gasteiger charge is 2.11. The molecule has 0 aliphatic rings. The molecule has 0 spiro atoms. The van der Waals surface area contributed by atoms with E-state index >= 15 is 0 Å². The van der Waals surface area contributed by atoms with Gasteiger partial charge in [0.2, 0.25) is 5.95 Å². The molecule has 1 aromatic carbocycles. The number of anilines is 1. The Morgan fingerprint density at radius 1 is 1.10 bits per heavy atom. The molecule has 5 nitrogen and oxygen atoms in total. The average Bonchev–Trinajstić information content (AvgIpc) is 2.39. The summed E-state index contributed by atoms with van der Waals surface area (Å²) < 4.78 is 5.42. The highest BCUT2D eigenvalue weighted by Crippen LogP contribution is 2.23. The van der Waals surface area contributed by atoms with Crippen LogP contribution in [-0.2, 0) is 0 Å². The molecule has 1 heterocycles. The lowest BCUT2D eigenvalue weighted by molar-refractivity contribution is 0.312. The number of rotatable bonds is 5. The Bertz CT molecular complexity index is 574. The first-order chi connectivity index (χ1) is 9.63. The average molecular weight is 272 g/mol. The van der Waals surface area contributed by atoms with E-state index in [9.17, 15) is 0 Å². The van der Waals surface area contributed by atoms with Crippen molar-refractivity contribution in [3.8, 4) is 17.4 Å². The first kappa shape index (κ1) is 14.2. The molecule has 20 heavy (non-hydrogen) atoms. The molecular formula is C15H20N4O. The molecule has 0 atom stereocenters. The molecule has 0 radical (unpaired) electrons. The number of ether oxygens (including phenoxy) is 1. The van der Waals surface area contributed by atoms with Crippen molar-refractivity contribution in [1.29, 1.82) is 0 Å². The van der Waals surface area contributed by atoms with Gasteiger partial charge in [0.15, 0.2) is 5.82 Å². The molecule has 5 heteroatoms. The van der Waals surface area contributed by atoms with E-state index in [1.165, 1.54) is 5.56 Å². The molecule has 0 unspecified atom stereocenters. The summed E-state index contributed by atoms with van der Waals surface area (Å²) in [6.07, 6.45) is 0. The van der Waals surface area contributed by atoms with Crippen LogP contribution >= 0.6 is 0 Å². The van der Waals surface area contributed by atoms with Crippen LogP contribution in [0.1, 0.15) is 25.0 Å². The van der Waals surface area contributed by atoms with Crippen LogP contribution in [-0.4, -0.2) is 28.1 Å². The summed E-state index contributed by atoms with van der Waals surface area (Å²) in [4.78, 5) is 13.1. The van der Waals surface area contributed by atoms with E-state index in [0.717, 1.165) is 17.7 Å². The number of hydrogen-bond donors (Lipinski definition) is 1. The summed E-state index contributed by atoms with van der Waals surface area (Å²) in [7, 11) is 0. The third-order valence-electron chi connectivity index (χ3n) is 2.85. The van der Waals surface area contributed by atoms with Gasteiger partial charge in [-0.25, -0.2) is 0 Å². The summed E-state index contributed by atoms with van der Waals surface area (Å²) in [5.74, 6) is 1.18. The fourth-order valence-electron chi connectivity index (χ4n) is 1.97. The second-order valence-corrected chi connectivity index (χ2v) is 4.55. The second-order valence-electron chi connectivity index (χ2n) is 4.55. The van der Waals surface area contributed by atoms with Crippen LogP contribution in [0.4, 0.5) is 5.95 Å². The van der Waals surface area contributed by atoms with Crippen molar-refractivity contribution in [2.75, 3.05) is 18.5 Å². The minimum atomic E-state index is 0.355. The maximum Gasteiger partial charge on any atom is 0.321 e. The first-order valence-corrected chi connectivity index (χ1v) is 6.84. The van der Waals surface area contributed by atoms with E-state index in [1.54, 1.807) is 0 Å². The maximum absolute atomic E-state index is 5.42. The molecule has 106 valence electrons. The fourth-order valence-corrected chi connectivity index (χ4v) is 1.97. The van der Waals surface area contributed by atoms with Gasteiger partial charge in [-0.15, -0.1) is 0 Å². The van der Waals surface area contributed by atoms with E-state index in [4.69, 9.17) is 4.74 Å². The van der Waals surface area contributed by atoms with Crippen molar-refractivity contribution in [1.82, 2.24) is 15.0 Å². The topological polar surface area (TPSA) is 59.9 Å². The summed E-state index contributed by atoms with van der Waals surface area (Å²) in [6, 6.07) is 6.56. The monoisotopic (exact) mass is 272 g/mol. The van der Waals surface area contributed by atoms with Crippen LogP contribution < -0.4 is 10.1 Å². The Kier molecular flexibility index (Phi) is 4.50. The molecule has 0 saturated carbocycles. The summed E-state index contributed by atoms with van der Waals surface area (Å²) in [5, 5.41) is 3.11. The number of hydrogen-bond acceptors (Lipinski definition) is 5. The Hall–Kier alpha value is -2.17. The lowest BCUT2D eigenvalue weighted by atomic mass is 10.1. The van der Waals surface area contributed by atoms with Crippen molar-refractivity contribution < 1.29 is 4.74 Å². The van der Waals surface area contributed by atoms with Crippen LogP contribution in [0.2, 0.25) is 0 Å². The summed E-state index contributed by atoms with van der Waals surface area (Å²) in [5.41, 5.74) is 3.36. The smallest absolute Gasteiger partial charge is 0.321 e. The fraction of sp³-hybridized carbons (Fsp3) is 0.400. The van der Waals surface area contributed by atoms with Gasteiger partial charge < -0.3 is 10.1 Å². The van der Waals surface area contributed by atoms with E-state index in [-0.39, 0.29) is 0 Å². The van der Waals surface area contributed by atoms with E-state index in [2.05, 4.69) is 46.2 Å². The maximum atomic E-state index is 5.42. The minimum absolute atomic E-state index is 0.355. The Morgan fingerprint density at radius 2 is 1.90 bits per heavy atom. The number of aromatic nitrogens is 3. The molecule has 0 amide bonds. The zero-order valence-electron chi connectivity index (χ0n) is 12.4. The molecule has 0 saturated heterocycles. The minimum Gasteiger partial charge on any atom is -0.464 e. The molecule has 1 N–H and O–H groups in total. The van der Waals surface area contributed by atoms with Gasteiger partial charge in [0.1, 0.15) is 0 Å². The van der Waals surface area contributed by atoms with Crippen molar-refractivity contribution in [3.63, 3.8) is 0 Å². The lowest BCUT2D eigenvalue weighted by Gasteiger charge is -2.10. The molecule has 0 aliphatic heterocycles. The highest BCUT2D eigenvalue weighted by atomic mass is 16.5. The van der Waals surface area contributed by atoms with Crippen LogP contribution in [0, 0.1) is 13.8 Å². The molecule has 1 aromatic heterocycles. The highest BCUT2D eigenvalue weighted by molar-refractivity contribution is 5.61. The standard InChI is InChI=1S/C15H20N4O/c1-5-16-14-17-13(18-15(19-14)20-6-2)12-8-7-10(3)9-11(12)4/h7-9H,5-6H2,1-4H3,(H,16,17,18,19). The zero-order valence-corrected chi connectivity index (χ0v) is 12.4. The van der Waals surface area contributed by atoms with Crippen molar-refractivity contribution in [2.45, 2.75) is 27.7 Å². The van der Waals surface area contributed by atoms with Crippen LogP contribution in [0.25, 0.3) is 11.4 Å².